The molecule has 164 valence electrons. The number of benzene rings is 3. The SMILES string of the molecule is CC1(C)c2cccnc2-n2c3cc(Oc4ccc5cccc(O)c5n4)ccc3c3cccc1c32. The quantitative estimate of drug-likeness (QED) is 0.317. The maximum Gasteiger partial charge on any atom is 0.219 e. The van der Waals surface area contributed by atoms with Crippen LogP contribution in [0, 0.1) is 0 Å². The normalized spacial score (nSPS) is 13.9. The zero-order valence-electron chi connectivity index (χ0n) is 18.8. The van der Waals surface area contributed by atoms with Crippen LogP contribution in [-0.2, 0) is 5.41 Å². The van der Waals surface area contributed by atoms with Crippen molar-refractivity contribution >= 4 is 32.7 Å². The second-order valence-corrected chi connectivity index (χ2v) is 9.32. The van der Waals surface area contributed by atoms with Gasteiger partial charge in [-0.1, -0.05) is 50.2 Å². The zero-order valence-corrected chi connectivity index (χ0v) is 18.8. The van der Waals surface area contributed by atoms with E-state index in [9.17, 15) is 5.11 Å². The fraction of sp³-hybridized carbons (Fsp3) is 0.103. The summed E-state index contributed by atoms with van der Waals surface area (Å²) in [5, 5.41) is 13.4. The molecule has 0 fully saturated rings. The first-order valence-corrected chi connectivity index (χ1v) is 11.3. The number of pyridine rings is 2. The summed E-state index contributed by atoms with van der Waals surface area (Å²) in [5.41, 5.74) is 5.10. The summed E-state index contributed by atoms with van der Waals surface area (Å²) in [6, 6.07) is 25.9. The molecule has 0 spiro atoms. The molecule has 1 N–H and O–H groups in total. The predicted molar refractivity (Wildman–Crippen MR) is 134 cm³/mol. The minimum absolute atomic E-state index is 0.137. The van der Waals surface area contributed by atoms with Gasteiger partial charge in [0.1, 0.15) is 22.8 Å². The third-order valence-corrected chi connectivity index (χ3v) is 7.00. The van der Waals surface area contributed by atoms with Crippen molar-refractivity contribution in [1.29, 1.82) is 0 Å². The molecule has 5 heteroatoms. The van der Waals surface area contributed by atoms with E-state index in [4.69, 9.17) is 9.72 Å². The Morgan fingerprint density at radius 2 is 1.71 bits per heavy atom. The first-order chi connectivity index (χ1) is 16.5. The number of aromatic hydroxyl groups is 1. The number of phenols is 1. The van der Waals surface area contributed by atoms with Crippen LogP contribution in [0.2, 0.25) is 0 Å². The number of aromatic nitrogens is 3. The second-order valence-electron chi connectivity index (χ2n) is 9.32. The third kappa shape index (κ3) is 2.49. The van der Waals surface area contributed by atoms with Crippen molar-refractivity contribution in [3.63, 3.8) is 0 Å². The van der Waals surface area contributed by atoms with Gasteiger partial charge in [0.2, 0.25) is 5.88 Å². The average molecular weight is 444 g/mol. The van der Waals surface area contributed by atoms with E-state index in [2.05, 4.69) is 53.7 Å². The summed E-state index contributed by atoms with van der Waals surface area (Å²) in [7, 11) is 0. The Bertz CT molecular complexity index is 1780. The first-order valence-electron chi connectivity index (χ1n) is 11.3. The summed E-state index contributed by atoms with van der Waals surface area (Å²) in [4.78, 5) is 9.33. The van der Waals surface area contributed by atoms with Crippen LogP contribution in [0.1, 0.15) is 25.0 Å². The van der Waals surface area contributed by atoms with E-state index in [0.29, 0.717) is 17.1 Å². The van der Waals surface area contributed by atoms with Gasteiger partial charge in [-0.3, -0.25) is 4.57 Å². The van der Waals surface area contributed by atoms with Crippen molar-refractivity contribution in [2.45, 2.75) is 19.3 Å². The van der Waals surface area contributed by atoms with Gasteiger partial charge in [-0.15, -0.1) is 0 Å². The summed E-state index contributed by atoms with van der Waals surface area (Å²) in [6.45, 7) is 4.53. The number of nitrogens with zero attached hydrogens (tertiary/aromatic N) is 3. The maximum absolute atomic E-state index is 10.2. The minimum Gasteiger partial charge on any atom is -0.506 e. The van der Waals surface area contributed by atoms with Gasteiger partial charge in [-0.05, 0) is 35.9 Å². The van der Waals surface area contributed by atoms with E-state index < -0.39 is 0 Å². The Hall–Kier alpha value is -4.38. The molecule has 0 amide bonds. The number of para-hydroxylation sites is 2. The highest BCUT2D eigenvalue weighted by molar-refractivity contribution is 6.11. The van der Waals surface area contributed by atoms with Crippen molar-refractivity contribution in [1.82, 2.24) is 14.5 Å². The highest BCUT2D eigenvalue weighted by atomic mass is 16.5. The van der Waals surface area contributed by atoms with Crippen molar-refractivity contribution in [2.75, 3.05) is 0 Å². The van der Waals surface area contributed by atoms with Crippen molar-refractivity contribution in [3.8, 4) is 23.2 Å². The smallest absolute Gasteiger partial charge is 0.219 e. The number of hydrogen-bond donors (Lipinski definition) is 1. The molecule has 0 saturated carbocycles. The second kappa shape index (κ2) is 6.58. The van der Waals surface area contributed by atoms with Gasteiger partial charge in [-0.25, -0.2) is 9.97 Å². The first kappa shape index (κ1) is 19.1. The van der Waals surface area contributed by atoms with E-state index in [0.717, 1.165) is 22.1 Å². The zero-order chi connectivity index (χ0) is 23.0. The Balaban J connectivity index is 1.45. The lowest BCUT2D eigenvalue weighted by molar-refractivity contribution is 0.460. The predicted octanol–water partition coefficient (Wildman–Crippen LogP) is 6.86. The van der Waals surface area contributed by atoms with Crippen LogP contribution in [-0.4, -0.2) is 19.6 Å². The number of phenolic OH excluding ortho intramolecular Hbond substituents is 1. The third-order valence-electron chi connectivity index (χ3n) is 7.00. The Morgan fingerprint density at radius 3 is 2.62 bits per heavy atom. The number of hydrogen-bond acceptors (Lipinski definition) is 4. The molecule has 5 nitrogen and oxygen atoms in total. The molecule has 1 aliphatic heterocycles. The van der Waals surface area contributed by atoms with Crippen LogP contribution < -0.4 is 4.74 Å². The molecule has 7 rings (SSSR count). The summed E-state index contributed by atoms with van der Waals surface area (Å²) in [6.07, 6.45) is 1.85. The lowest BCUT2D eigenvalue weighted by Gasteiger charge is -2.33. The molecule has 1 aliphatic rings. The van der Waals surface area contributed by atoms with Gasteiger partial charge in [-0.2, -0.15) is 0 Å². The summed E-state index contributed by atoms with van der Waals surface area (Å²) >= 11 is 0. The fourth-order valence-electron chi connectivity index (χ4n) is 5.33. The van der Waals surface area contributed by atoms with Crippen LogP contribution >= 0.6 is 0 Å². The van der Waals surface area contributed by atoms with E-state index in [1.807, 2.05) is 42.6 Å². The number of rotatable bonds is 2. The van der Waals surface area contributed by atoms with E-state index in [1.54, 1.807) is 12.1 Å². The summed E-state index contributed by atoms with van der Waals surface area (Å²) < 4.78 is 8.42. The molecular formula is C29H21N3O2. The minimum atomic E-state index is -0.149. The van der Waals surface area contributed by atoms with Crippen molar-refractivity contribution < 1.29 is 9.84 Å². The summed E-state index contributed by atoms with van der Waals surface area (Å²) in [5.74, 6) is 2.21. The van der Waals surface area contributed by atoms with Gasteiger partial charge >= 0.3 is 0 Å². The molecule has 0 radical (unpaired) electrons. The number of fused-ring (bicyclic) bond motifs is 6. The average Bonchev–Trinajstić information content (AvgIpc) is 3.18. The molecule has 6 aromatic rings. The molecule has 0 saturated heterocycles. The van der Waals surface area contributed by atoms with Gasteiger partial charge in [0.05, 0.1) is 11.0 Å². The molecule has 0 unspecified atom stereocenters. The van der Waals surface area contributed by atoms with E-state index >= 15 is 0 Å². The maximum atomic E-state index is 10.2. The molecule has 0 atom stereocenters. The van der Waals surface area contributed by atoms with Crippen molar-refractivity contribution in [2.24, 2.45) is 0 Å². The van der Waals surface area contributed by atoms with Gasteiger partial charge in [0, 0.05) is 45.5 Å². The Morgan fingerprint density at radius 1 is 0.853 bits per heavy atom. The molecule has 34 heavy (non-hydrogen) atoms. The molecule has 3 aromatic carbocycles. The topological polar surface area (TPSA) is 60.2 Å². The van der Waals surface area contributed by atoms with Crippen LogP contribution in [0.3, 0.4) is 0 Å². The highest BCUT2D eigenvalue weighted by Crippen LogP contribution is 2.47. The lowest BCUT2D eigenvalue weighted by Crippen LogP contribution is -2.26. The fourth-order valence-corrected chi connectivity index (χ4v) is 5.33. The monoisotopic (exact) mass is 443 g/mol. The van der Waals surface area contributed by atoms with E-state index in [1.165, 1.54) is 22.0 Å². The molecular weight excluding hydrogens is 422 g/mol. The van der Waals surface area contributed by atoms with Crippen molar-refractivity contribution in [3.05, 3.63) is 96.2 Å². The number of ether oxygens (including phenoxy) is 1. The highest BCUT2D eigenvalue weighted by Gasteiger charge is 2.35. The molecule has 3 aromatic heterocycles. The molecule has 4 heterocycles. The Kier molecular flexibility index (Phi) is 3.70. The lowest BCUT2D eigenvalue weighted by atomic mass is 9.76. The van der Waals surface area contributed by atoms with Crippen LogP contribution in [0.4, 0.5) is 0 Å². The van der Waals surface area contributed by atoms with Gasteiger partial charge in [0.25, 0.3) is 0 Å². The van der Waals surface area contributed by atoms with Gasteiger partial charge in [0.15, 0.2) is 0 Å². The largest absolute Gasteiger partial charge is 0.506 e. The van der Waals surface area contributed by atoms with Crippen LogP contribution in [0.5, 0.6) is 17.4 Å². The standard InChI is InChI=1S/C29H21N3O2/c1-29(2)21-8-4-7-20-19-13-12-18(34-25-14-11-17-6-3-10-24(33)26(17)31-25)16-23(19)32(27(20)21)28-22(29)9-5-15-30-28/h3-16,33H,1-2H3. The molecule has 0 aliphatic carbocycles. The molecule has 0 bridgehead atoms. The Labute approximate surface area is 195 Å². The van der Waals surface area contributed by atoms with Gasteiger partial charge < -0.3 is 9.84 Å². The van der Waals surface area contributed by atoms with E-state index in [-0.39, 0.29) is 11.2 Å². The van der Waals surface area contributed by atoms with Crippen LogP contribution in [0.25, 0.3) is 38.5 Å². The van der Waals surface area contributed by atoms with Crippen LogP contribution in [0.15, 0.2) is 85.1 Å².